The smallest absolute Gasteiger partial charge is 0.261 e. The molecule has 4 aromatic rings. The molecule has 1 N–H and O–H groups in total. The Kier molecular flexibility index (Phi) is 4.41. The van der Waals surface area contributed by atoms with Crippen LogP contribution in [-0.4, -0.2) is 44.1 Å². The van der Waals surface area contributed by atoms with Crippen molar-refractivity contribution in [3.8, 4) is 0 Å². The number of imidazole rings is 1. The summed E-state index contributed by atoms with van der Waals surface area (Å²) in [7, 11) is 0. The molecule has 0 atom stereocenters. The number of hydrogen-bond donors (Lipinski definition) is 1. The fourth-order valence-electron chi connectivity index (χ4n) is 4.11. The van der Waals surface area contributed by atoms with E-state index in [4.69, 9.17) is 4.98 Å². The number of hydrogen-bond acceptors (Lipinski definition) is 4. The number of benzene rings is 2. The summed E-state index contributed by atoms with van der Waals surface area (Å²) in [5.74, 6) is 1.59. The van der Waals surface area contributed by atoms with Crippen molar-refractivity contribution in [2.45, 2.75) is 25.3 Å². The Hall–Kier alpha value is -2.99. The molecule has 0 unspecified atom stereocenters. The van der Waals surface area contributed by atoms with Gasteiger partial charge >= 0.3 is 0 Å². The Morgan fingerprint density at radius 2 is 1.71 bits per heavy atom. The summed E-state index contributed by atoms with van der Waals surface area (Å²) >= 11 is 0. The summed E-state index contributed by atoms with van der Waals surface area (Å²) in [6, 6.07) is 15.7. The first-order valence-electron chi connectivity index (χ1n) is 9.89. The third-order valence-corrected chi connectivity index (χ3v) is 5.77. The van der Waals surface area contributed by atoms with Crippen molar-refractivity contribution in [2.75, 3.05) is 19.6 Å². The van der Waals surface area contributed by atoms with Gasteiger partial charge in [0.05, 0.1) is 28.3 Å². The van der Waals surface area contributed by atoms with Crippen LogP contribution in [0, 0.1) is 0 Å². The fourth-order valence-corrected chi connectivity index (χ4v) is 4.11. The van der Waals surface area contributed by atoms with E-state index in [2.05, 4.69) is 27.0 Å². The van der Waals surface area contributed by atoms with Crippen LogP contribution in [0.2, 0.25) is 0 Å². The molecule has 2 aromatic carbocycles. The maximum absolute atomic E-state index is 12.6. The molecule has 142 valence electrons. The average Bonchev–Trinajstić information content (AvgIpc) is 3.18. The molecule has 0 radical (unpaired) electrons. The van der Waals surface area contributed by atoms with E-state index < -0.39 is 0 Å². The second-order valence-electron chi connectivity index (χ2n) is 7.52. The minimum absolute atomic E-state index is 0.0442. The molecule has 28 heavy (non-hydrogen) atoms. The van der Waals surface area contributed by atoms with E-state index in [0.717, 1.165) is 54.9 Å². The summed E-state index contributed by atoms with van der Waals surface area (Å²) in [6.45, 7) is 3.59. The van der Waals surface area contributed by atoms with Gasteiger partial charge in [-0.25, -0.2) is 9.97 Å². The number of likely N-dealkylation sites (tertiary alicyclic amines) is 1. The highest BCUT2D eigenvalue weighted by atomic mass is 16.1. The Morgan fingerprint density at radius 1 is 0.964 bits per heavy atom. The van der Waals surface area contributed by atoms with Gasteiger partial charge in [-0.2, -0.15) is 0 Å². The number of para-hydroxylation sites is 3. The molecule has 5 rings (SSSR count). The first-order valence-corrected chi connectivity index (χ1v) is 9.89. The summed E-state index contributed by atoms with van der Waals surface area (Å²) < 4.78 is 1.73. The van der Waals surface area contributed by atoms with Gasteiger partial charge in [0.15, 0.2) is 0 Å². The van der Waals surface area contributed by atoms with Gasteiger partial charge in [0.1, 0.15) is 5.82 Å². The van der Waals surface area contributed by atoms with Crippen LogP contribution in [0.4, 0.5) is 0 Å². The quantitative estimate of drug-likeness (QED) is 0.597. The lowest BCUT2D eigenvalue weighted by Gasteiger charge is -2.31. The summed E-state index contributed by atoms with van der Waals surface area (Å²) in [5.41, 5.74) is 2.96. The third-order valence-electron chi connectivity index (χ3n) is 5.77. The van der Waals surface area contributed by atoms with Gasteiger partial charge in [0.25, 0.3) is 5.56 Å². The van der Waals surface area contributed by atoms with E-state index in [-0.39, 0.29) is 5.56 Å². The highest BCUT2D eigenvalue weighted by molar-refractivity contribution is 5.77. The first-order chi connectivity index (χ1) is 13.8. The average molecular weight is 373 g/mol. The minimum Gasteiger partial charge on any atom is -0.342 e. The van der Waals surface area contributed by atoms with E-state index in [1.807, 2.05) is 36.4 Å². The number of piperidine rings is 1. The van der Waals surface area contributed by atoms with Crippen LogP contribution < -0.4 is 5.56 Å². The molecular weight excluding hydrogens is 350 g/mol. The monoisotopic (exact) mass is 373 g/mol. The molecule has 1 fully saturated rings. The molecule has 0 bridgehead atoms. The molecule has 2 aromatic heterocycles. The van der Waals surface area contributed by atoms with Gasteiger partial charge in [0.2, 0.25) is 0 Å². The van der Waals surface area contributed by atoms with Gasteiger partial charge in [0, 0.05) is 19.0 Å². The Labute approximate surface area is 162 Å². The number of nitrogens with zero attached hydrogens (tertiary/aromatic N) is 4. The van der Waals surface area contributed by atoms with Crippen molar-refractivity contribution in [1.82, 2.24) is 24.4 Å². The van der Waals surface area contributed by atoms with Gasteiger partial charge in [-0.1, -0.05) is 24.3 Å². The van der Waals surface area contributed by atoms with Crippen LogP contribution >= 0.6 is 0 Å². The number of aromatic amines is 1. The fraction of sp³-hybridized carbons (Fsp3) is 0.318. The van der Waals surface area contributed by atoms with Crippen LogP contribution in [0.15, 0.2) is 59.7 Å². The Bertz CT molecular complexity index is 1140. The second kappa shape index (κ2) is 7.20. The zero-order chi connectivity index (χ0) is 18.9. The maximum atomic E-state index is 12.6. The molecule has 6 heteroatoms. The SMILES string of the molecule is O=c1c2ccccc2ncn1CCN1CCC(c2nc3ccccc3[nH]2)CC1. The van der Waals surface area contributed by atoms with E-state index >= 15 is 0 Å². The van der Waals surface area contributed by atoms with Crippen LogP contribution in [0.3, 0.4) is 0 Å². The van der Waals surface area contributed by atoms with E-state index in [0.29, 0.717) is 17.8 Å². The Morgan fingerprint density at radius 3 is 2.54 bits per heavy atom. The Balaban J connectivity index is 1.22. The lowest BCUT2D eigenvalue weighted by molar-refractivity contribution is 0.202. The van der Waals surface area contributed by atoms with Crippen molar-refractivity contribution in [1.29, 1.82) is 0 Å². The van der Waals surface area contributed by atoms with Crippen molar-refractivity contribution < 1.29 is 0 Å². The van der Waals surface area contributed by atoms with Crippen molar-refractivity contribution in [2.24, 2.45) is 0 Å². The highest BCUT2D eigenvalue weighted by Gasteiger charge is 2.23. The molecule has 0 aliphatic carbocycles. The lowest BCUT2D eigenvalue weighted by atomic mass is 9.96. The van der Waals surface area contributed by atoms with E-state index in [1.165, 1.54) is 0 Å². The van der Waals surface area contributed by atoms with Gasteiger partial charge in [-0.3, -0.25) is 9.36 Å². The van der Waals surface area contributed by atoms with Crippen LogP contribution in [0.1, 0.15) is 24.6 Å². The maximum Gasteiger partial charge on any atom is 0.261 e. The molecule has 1 saturated heterocycles. The van der Waals surface area contributed by atoms with Crippen LogP contribution in [0.25, 0.3) is 21.9 Å². The first kappa shape index (κ1) is 17.1. The predicted molar refractivity (Wildman–Crippen MR) is 111 cm³/mol. The molecular formula is C22H23N5O. The molecule has 6 nitrogen and oxygen atoms in total. The molecule has 1 aliphatic rings. The van der Waals surface area contributed by atoms with Gasteiger partial charge in [-0.05, 0) is 50.2 Å². The van der Waals surface area contributed by atoms with E-state index in [9.17, 15) is 4.79 Å². The number of fused-ring (bicyclic) bond motifs is 2. The standard InChI is InChI=1S/C22H23N5O/c28-22-17-5-1-2-6-18(17)23-15-27(22)14-13-26-11-9-16(10-12-26)21-24-19-7-3-4-8-20(19)25-21/h1-8,15-16H,9-14H2,(H,24,25). The van der Waals surface area contributed by atoms with Crippen molar-refractivity contribution in [3.05, 3.63) is 71.0 Å². The summed E-state index contributed by atoms with van der Waals surface area (Å²) in [6.07, 6.45) is 3.85. The molecule has 0 amide bonds. The van der Waals surface area contributed by atoms with Crippen LogP contribution in [0.5, 0.6) is 0 Å². The highest BCUT2D eigenvalue weighted by Crippen LogP contribution is 2.27. The predicted octanol–water partition coefficient (Wildman–Crippen LogP) is 3.15. The normalized spacial score (nSPS) is 16.1. The van der Waals surface area contributed by atoms with E-state index in [1.54, 1.807) is 10.9 Å². The zero-order valence-electron chi connectivity index (χ0n) is 15.7. The number of aromatic nitrogens is 4. The summed E-state index contributed by atoms with van der Waals surface area (Å²) in [4.78, 5) is 27.7. The topological polar surface area (TPSA) is 66.8 Å². The number of rotatable bonds is 4. The molecule has 0 spiro atoms. The second-order valence-corrected chi connectivity index (χ2v) is 7.52. The number of H-pyrrole nitrogens is 1. The number of nitrogens with one attached hydrogen (secondary N) is 1. The zero-order valence-corrected chi connectivity index (χ0v) is 15.7. The largest absolute Gasteiger partial charge is 0.342 e. The lowest BCUT2D eigenvalue weighted by Crippen LogP contribution is -2.37. The van der Waals surface area contributed by atoms with Crippen LogP contribution in [-0.2, 0) is 6.54 Å². The van der Waals surface area contributed by atoms with Crippen molar-refractivity contribution >= 4 is 21.9 Å². The van der Waals surface area contributed by atoms with Crippen molar-refractivity contribution in [3.63, 3.8) is 0 Å². The van der Waals surface area contributed by atoms with Gasteiger partial charge < -0.3 is 9.88 Å². The molecule has 0 saturated carbocycles. The van der Waals surface area contributed by atoms with Gasteiger partial charge in [-0.15, -0.1) is 0 Å². The molecule has 1 aliphatic heterocycles. The third kappa shape index (κ3) is 3.20. The minimum atomic E-state index is 0.0442. The summed E-state index contributed by atoms with van der Waals surface area (Å²) in [5, 5.41) is 0.689. The molecule has 3 heterocycles.